The Balaban J connectivity index is 1.85. The SMILES string of the molecule is Cc1oc2ccc(OCc3ccnn3CC(F)F)cc2c1C(=O)N[C@@](C)(CO)C(N)=O. The molecule has 0 fully saturated rings. The zero-order valence-corrected chi connectivity index (χ0v) is 16.9. The first-order chi connectivity index (χ1) is 14.6. The summed E-state index contributed by atoms with van der Waals surface area (Å²) in [6.45, 7) is 1.66. The molecular weight excluding hydrogens is 414 g/mol. The molecule has 2 amide bonds. The Kier molecular flexibility index (Phi) is 6.25. The van der Waals surface area contributed by atoms with Gasteiger partial charge in [-0.15, -0.1) is 0 Å². The summed E-state index contributed by atoms with van der Waals surface area (Å²) in [6.07, 6.45) is -1.14. The third-order valence-electron chi connectivity index (χ3n) is 4.81. The van der Waals surface area contributed by atoms with Crippen molar-refractivity contribution in [3.8, 4) is 5.75 Å². The molecule has 166 valence electrons. The molecule has 1 atom stereocenters. The van der Waals surface area contributed by atoms with Gasteiger partial charge in [-0.1, -0.05) is 0 Å². The fraction of sp³-hybridized carbons (Fsp3) is 0.350. The fourth-order valence-electron chi connectivity index (χ4n) is 3.00. The Morgan fingerprint density at radius 1 is 1.39 bits per heavy atom. The number of furan rings is 1. The molecule has 4 N–H and O–H groups in total. The maximum atomic E-state index is 12.8. The monoisotopic (exact) mass is 436 g/mol. The number of nitrogens with zero attached hydrogens (tertiary/aromatic N) is 2. The maximum Gasteiger partial charge on any atom is 0.257 e. The van der Waals surface area contributed by atoms with Gasteiger partial charge in [-0.3, -0.25) is 14.3 Å². The van der Waals surface area contributed by atoms with Crippen LogP contribution in [0.4, 0.5) is 8.78 Å². The van der Waals surface area contributed by atoms with Crippen LogP contribution in [0.5, 0.6) is 5.75 Å². The number of fused-ring (bicyclic) bond motifs is 1. The number of nitrogens with one attached hydrogen (secondary N) is 1. The zero-order chi connectivity index (χ0) is 22.8. The largest absolute Gasteiger partial charge is 0.487 e. The van der Waals surface area contributed by atoms with Gasteiger partial charge in [-0.2, -0.15) is 5.10 Å². The lowest BCUT2D eigenvalue weighted by molar-refractivity contribution is -0.124. The Labute approximate surface area is 175 Å². The van der Waals surface area contributed by atoms with E-state index >= 15 is 0 Å². The lowest BCUT2D eigenvalue weighted by Crippen LogP contribution is -2.57. The summed E-state index contributed by atoms with van der Waals surface area (Å²) in [5.41, 5.74) is 4.65. The average molecular weight is 436 g/mol. The number of alkyl halides is 2. The van der Waals surface area contributed by atoms with E-state index in [9.17, 15) is 23.5 Å². The van der Waals surface area contributed by atoms with Crippen molar-refractivity contribution in [2.75, 3.05) is 6.61 Å². The predicted octanol–water partition coefficient (Wildman–Crippen LogP) is 1.75. The molecular formula is C20H22F2N4O5. The number of aliphatic hydroxyl groups excluding tert-OH is 1. The molecule has 3 aromatic rings. The van der Waals surface area contributed by atoms with E-state index in [4.69, 9.17) is 14.9 Å². The van der Waals surface area contributed by atoms with Crippen LogP contribution in [-0.2, 0) is 17.9 Å². The van der Waals surface area contributed by atoms with Crippen LogP contribution in [0.25, 0.3) is 11.0 Å². The van der Waals surface area contributed by atoms with Crippen molar-refractivity contribution in [1.82, 2.24) is 15.1 Å². The second-order valence-electron chi connectivity index (χ2n) is 7.18. The number of aliphatic hydroxyl groups is 1. The summed E-state index contributed by atoms with van der Waals surface area (Å²) in [5, 5.41) is 16.1. The molecule has 0 aliphatic heterocycles. The standard InChI is InChI=1S/C20H22F2N4O5/c1-11-17(18(28)25-20(2,10-27)19(23)29)14-7-13(3-4-15(14)31-11)30-9-12-5-6-24-26(12)8-16(21)22/h3-7,16,27H,8-10H2,1-2H3,(H2,23,29)(H,25,28)/t20-/m0/s1. The smallest absolute Gasteiger partial charge is 0.257 e. The maximum absolute atomic E-state index is 12.8. The lowest BCUT2D eigenvalue weighted by atomic mass is 10.0. The van der Waals surface area contributed by atoms with Gasteiger partial charge in [0.25, 0.3) is 12.3 Å². The van der Waals surface area contributed by atoms with Gasteiger partial charge in [-0.05, 0) is 38.1 Å². The average Bonchev–Trinajstić information content (AvgIpc) is 3.27. The molecule has 0 aliphatic rings. The molecule has 0 aliphatic carbocycles. The predicted molar refractivity (Wildman–Crippen MR) is 106 cm³/mol. The summed E-state index contributed by atoms with van der Waals surface area (Å²) in [4.78, 5) is 24.4. The van der Waals surface area contributed by atoms with Gasteiger partial charge < -0.3 is 25.3 Å². The number of halogens is 2. The van der Waals surface area contributed by atoms with Crippen LogP contribution in [-0.4, -0.2) is 45.3 Å². The quantitative estimate of drug-likeness (QED) is 0.468. The number of hydrogen-bond acceptors (Lipinski definition) is 6. The number of nitrogens with two attached hydrogens (primary N) is 1. The van der Waals surface area contributed by atoms with Crippen molar-refractivity contribution in [1.29, 1.82) is 0 Å². The van der Waals surface area contributed by atoms with Gasteiger partial charge in [0, 0.05) is 11.6 Å². The second-order valence-corrected chi connectivity index (χ2v) is 7.18. The minimum absolute atomic E-state index is 0.0130. The number of benzene rings is 1. The van der Waals surface area contributed by atoms with Gasteiger partial charge >= 0.3 is 0 Å². The minimum atomic E-state index is -2.55. The molecule has 1 aromatic carbocycles. The van der Waals surface area contributed by atoms with Crippen LogP contribution in [0.3, 0.4) is 0 Å². The highest BCUT2D eigenvalue weighted by Gasteiger charge is 2.34. The normalized spacial score (nSPS) is 13.4. The number of aryl methyl sites for hydroxylation is 1. The molecule has 0 bridgehead atoms. The van der Waals surface area contributed by atoms with Gasteiger partial charge in [-0.25, -0.2) is 8.78 Å². The van der Waals surface area contributed by atoms with Crippen LogP contribution >= 0.6 is 0 Å². The summed E-state index contributed by atoms with van der Waals surface area (Å²) in [6, 6.07) is 6.35. The van der Waals surface area contributed by atoms with E-state index in [1.165, 1.54) is 13.1 Å². The lowest BCUT2D eigenvalue weighted by Gasteiger charge is -2.24. The Morgan fingerprint density at radius 2 is 2.13 bits per heavy atom. The molecule has 0 radical (unpaired) electrons. The highest BCUT2D eigenvalue weighted by atomic mass is 19.3. The Bertz CT molecular complexity index is 1110. The number of aromatic nitrogens is 2. The molecule has 2 heterocycles. The van der Waals surface area contributed by atoms with Crippen molar-refractivity contribution in [2.24, 2.45) is 5.73 Å². The summed E-state index contributed by atoms with van der Waals surface area (Å²) >= 11 is 0. The highest BCUT2D eigenvalue weighted by Crippen LogP contribution is 2.30. The second kappa shape index (κ2) is 8.72. The summed E-state index contributed by atoms with van der Waals surface area (Å²) < 4.78 is 37.7. The van der Waals surface area contributed by atoms with E-state index in [1.54, 1.807) is 31.2 Å². The number of carbonyl (C=O) groups excluding carboxylic acids is 2. The third kappa shape index (κ3) is 4.66. The number of carbonyl (C=O) groups is 2. The van der Waals surface area contributed by atoms with Crippen LogP contribution in [0.15, 0.2) is 34.9 Å². The van der Waals surface area contributed by atoms with Gasteiger partial charge in [0.05, 0.1) is 17.9 Å². The van der Waals surface area contributed by atoms with Crippen molar-refractivity contribution >= 4 is 22.8 Å². The molecule has 2 aromatic heterocycles. The number of ether oxygens (including phenoxy) is 1. The van der Waals surface area contributed by atoms with Crippen LogP contribution < -0.4 is 15.8 Å². The summed E-state index contributed by atoms with van der Waals surface area (Å²) in [5.74, 6) is -0.881. The van der Waals surface area contributed by atoms with Crippen LogP contribution in [0.2, 0.25) is 0 Å². The first-order valence-electron chi connectivity index (χ1n) is 9.32. The van der Waals surface area contributed by atoms with E-state index in [0.29, 0.717) is 28.2 Å². The van der Waals surface area contributed by atoms with Crippen LogP contribution in [0.1, 0.15) is 28.7 Å². The van der Waals surface area contributed by atoms with E-state index < -0.39 is 36.9 Å². The Hall–Kier alpha value is -3.47. The number of hydrogen-bond donors (Lipinski definition) is 3. The fourth-order valence-corrected chi connectivity index (χ4v) is 3.00. The molecule has 0 unspecified atom stereocenters. The van der Waals surface area contributed by atoms with E-state index in [-0.39, 0.29) is 12.2 Å². The minimum Gasteiger partial charge on any atom is -0.487 e. The first kappa shape index (κ1) is 22.2. The molecule has 3 rings (SSSR count). The molecule has 0 saturated heterocycles. The molecule has 11 heteroatoms. The zero-order valence-electron chi connectivity index (χ0n) is 16.9. The number of primary amides is 1. The molecule has 0 saturated carbocycles. The molecule has 9 nitrogen and oxygen atoms in total. The topological polar surface area (TPSA) is 133 Å². The van der Waals surface area contributed by atoms with Crippen molar-refractivity contribution < 1.29 is 32.6 Å². The van der Waals surface area contributed by atoms with E-state index in [2.05, 4.69) is 10.4 Å². The summed E-state index contributed by atoms with van der Waals surface area (Å²) in [7, 11) is 0. The highest BCUT2D eigenvalue weighted by molar-refractivity contribution is 6.09. The van der Waals surface area contributed by atoms with E-state index in [0.717, 1.165) is 4.68 Å². The molecule has 0 spiro atoms. The van der Waals surface area contributed by atoms with Crippen molar-refractivity contribution in [3.05, 3.63) is 47.5 Å². The number of amides is 2. The third-order valence-corrected chi connectivity index (χ3v) is 4.81. The first-order valence-corrected chi connectivity index (χ1v) is 9.32. The number of rotatable bonds is 9. The Morgan fingerprint density at radius 3 is 2.77 bits per heavy atom. The molecule has 31 heavy (non-hydrogen) atoms. The van der Waals surface area contributed by atoms with Crippen molar-refractivity contribution in [2.45, 2.75) is 39.0 Å². The van der Waals surface area contributed by atoms with E-state index in [1.807, 2.05) is 0 Å². The van der Waals surface area contributed by atoms with Gasteiger partial charge in [0.1, 0.15) is 35.8 Å². The van der Waals surface area contributed by atoms with Gasteiger partial charge in [0.2, 0.25) is 5.91 Å². The van der Waals surface area contributed by atoms with Gasteiger partial charge in [0.15, 0.2) is 0 Å². The van der Waals surface area contributed by atoms with Crippen molar-refractivity contribution in [3.63, 3.8) is 0 Å². The van der Waals surface area contributed by atoms with Crippen LogP contribution in [0, 0.1) is 6.92 Å².